The monoisotopic (exact) mass is 540 g/mol. The summed E-state index contributed by atoms with van der Waals surface area (Å²) in [6.07, 6.45) is 0.212. The Kier molecular flexibility index (Phi) is 21.5. The molecule has 0 spiro atoms. The highest BCUT2D eigenvalue weighted by molar-refractivity contribution is 8.22. The van der Waals surface area contributed by atoms with Crippen molar-refractivity contribution >= 4 is 21.7 Å². The molecule has 0 rings (SSSR count). The molecule has 0 heterocycles. The third-order valence-corrected chi connectivity index (χ3v) is 9.37. The van der Waals surface area contributed by atoms with E-state index in [1.165, 1.54) is 0 Å². The van der Waals surface area contributed by atoms with Gasteiger partial charge in [-0.3, -0.25) is 25.1 Å². The van der Waals surface area contributed by atoms with Crippen molar-refractivity contribution in [3.8, 4) is 0 Å². The lowest BCUT2D eigenvalue weighted by atomic mass is 10.3. The van der Waals surface area contributed by atoms with Gasteiger partial charge >= 0.3 is 0 Å². The zero-order chi connectivity index (χ0) is 25.7. The quantitative estimate of drug-likeness (QED) is 0.121. The molecule has 0 saturated heterocycles. The van der Waals surface area contributed by atoms with Crippen molar-refractivity contribution in [3.05, 3.63) is 0 Å². The predicted octanol–water partition coefficient (Wildman–Crippen LogP) is 0.678. The molecule has 0 fully saturated rings. The van der Waals surface area contributed by atoms with Gasteiger partial charge < -0.3 is 30.3 Å². The summed E-state index contributed by atoms with van der Waals surface area (Å²) in [5, 5.41) is 26.2. The number of rotatable bonds is 25. The van der Waals surface area contributed by atoms with E-state index in [0.29, 0.717) is 63.7 Å². The predicted molar refractivity (Wildman–Crippen MR) is 136 cm³/mol. The van der Waals surface area contributed by atoms with Gasteiger partial charge in [-0.05, 0) is 12.8 Å². The molecule has 0 radical (unpaired) electrons. The average molecular weight is 541 g/mol. The first kappa shape index (κ1) is 34.2. The van der Waals surface area contributed by atoms with Crippen LogP contribution in [0.5, 0.6) is 0 Å². The second kappa shape index (κ2) is 21.3. The molecule has 0 aromatic rings. The highest BCUT2D eigenvalue weighted by atomic mass is 32.3. The zero-order valence-electron chi connectivity index (χ0n) is 21.6. The van der Waals surface area contributed by atoms with Gasteiger partial charge in [-0.15, -0.1) is 0 Å². The molecule has 12 nitrogen and oxygen atoms in total. The Labute approximate surface area is 209 Å². The van der Waals surface area contributed by atoms with Crippen LogP contribution in [0.25, 0.3) is 0 Å². The molecule has 2 atom stereocenters. The Morgan fingerprint density at radius 2 is 0.912 bits per heavy atom. The fourth-order valence-electron chi connectivity index (χ4n) is 2.85. The third kappa shape index (κ3) is 15.4. The molecule has 2 unspecified atom stereocenters. The summed E-state index contributed by atoms with van der Waals surface area (Å²) in [4.78, 5) is 0. The Hall–Kier alpha value is 0.220. The van der Waals surface area contributed by atoms with Gasteiger partial charge in [0, 0.05) is 50.9 Å². The fraction of sp³-hybridized carbons (Fsp3) is 1.00. The first-order chi connectivity index (χ1) is 16.4. The number of hydrogen-bond donors (Lipinski definition) is 4. The minimum absolute atomic E-state index is 0.244. The summed E-state index contributed by atoms with van der Waals surface area (Å²) in [6.45, 7) is 3.60. The van der Waals surface area contributed by atoms with Crippen molar-refractivity contribution in [3.63, 3.8) is 0 Å². The van der Waals surface area contributed by atoms with E-state index in [1.54, 1.807) is 42.7 Å². The molecule has 0 aliphatic carbocycles. The van der Waals surface area contributed by atoms with Crippen LogP contribution >= 0.6 is 21.7 Å². The van der Waals surface area contributed by atoms with Crippen LogP contribution in [0.2, 0.25) is 0 Å². The Morgan fingerprint density at radius 3 is 1.21 bits per heavy atom. The van der Waals surface area contributed by atoms with Crippen LogP contribution in [0.4, 0.5) is 0 Å². The molecule has 210 valence electrons. The molecular formula is C20H48N2O10S2. The molecular weight excluding hydrogens is 492 g/mol. The molecule has 14 heteroatoms. The first-order valence-corrected chi connectivity index (χ1v) is 14.4. The van der Waals surface area contributed by atoms with Crippen LogP contribution in [-0.2, 0) is 34.6 Å². The van der Waals surface area contributed by atoms with Crippen LogP contribution in [0, 0.1) is 0 Å². The average Bonchev–Trinajstić information content (AvgIpc) is 2.86. The topological polar surface area (TPSA) is 138 Å². The highest BCUT2D eigenvalue weighted by Gasteiger charge is 2.23. The lowest BCUT2D eigenvalue weighted by Crippen LogP contribution is -2.38. The summed E-state index contributed by atoms with van der Waals surface area (Å²) in [5.74, 6) is 1.20. The van der Waals surface area contributed by atoms with E-state index in [4.69, 9.17) is 34.6 Å². The van der Waals surface area contributed by atoms with Gasteiger partial charge in [0.2, 0.25) is 0 Å². The Morgan fingerprint density at radius 1 is 0.588 bits per heavy atom. The second-order valence-corrected chi connectivity index (χ2v) is 12.1. The zero-order valence-corrected chi connectivity index (χ0v) is 23.2. The van der Waals surface area contributed by atoms with E-state index in [2.05, 4.69) is 10.6 Å². The SMILES string of the molecule is COS(CCCOCC(O)CNCCNCC(O)COCCCS(OC)(OC)OC)(OC)OC. The largest absolute Gasteiger partial charge is 0.389 e. The number of aliphatic hydroxyl groups excluding tert-OH is 2. The maximum absolute atomic E-state index is 9.97. The molecule has 0 aliphatic heterocycles. The van der Waals surface area contributed by atoms with Gasteiger partial charge in [-0.1, -0.05) is 0 Å². The number of nitrogens with one attached hydrogen (secondary N) is 2. The summed E-state index contributed by atoms with van der Waals surface area (Å²) >= 11 is 0. The van der Waals surface area contributed by atoms with Crippen molar-refractivity contribution in [2.24, 2.45) is 0 Å². The van der Waals surface area contributed by atoms with Gasteiger partial charge in [-0.25, -0.2) is 0 Å². The standard InChI is InChI=1S/C20H48N2O10S2/c1-25-33(26-2,27-3)13-7-11-31-17-19(23)15-21-9-10-22-16-20(24)18-32-12-8-14-34(28-4,29-5)30-6/h19-24H,7-18H2,1-6H3. The molecule has 34 heavy (non-hydrogen) atoms. The second-order valence-electron chi connectivity index (χ2n) is 7.10. The summed E-state index contributed by atoms with van der Waals surface area (Å²) in [7, 11) is 5.44. The van der Waals surface area contributed by atoms with Crippen molar-refractivity contribution in [1.29, 1.82) is 0 Å². The van der Waals surface area contributed by atoms with Crippen LogP contribution in [0.3, 0.4) is 0 Å². The van der Waals surface area contributed by atoms with Crippen LogP contribution in [-0.4, -0.2) is 129 Å². The van der Waals surface area contributed by atoms with Crippen molar-refractivity contribution in [2.45, 2.75) is 25.0 Å². The minimum atomic E-state index is -1.96. The van der Waals surface area contributed by atoms with E-state index in [-0.39, 0.29) is 13.2 Å². The third-order valence-electron chi connectivity index (χ3n) is 4.75. The summed E-state index contributed by atoms with van der Waals surface area (Å²) in [6, 6.07) is 0. The smallest absolute Gasteiger partial charge is 0.0897 e. The number of aliphatic hydroxyl groups is 2. The molecule has 0 aliphatic rings. The van der Waals surface area contributed by atoms with Gasteiger partial charge in [0.15, 0.2) is 0 Å². The lowest BCUT2D eigenvalue weighted by molar-refractivity contribution is 0.0356. The summed E-state index contributed by atoms with van der Waals surface area (Å²) < 4.78 is 42.8. The van der Waals surface area contributed by atoms with E-state index < -0.39 is 33.9 Å². The van der Waals surface area contributed by atoms with E-state index in [0.717, 1.165) is 0 Å². The van der Waals surface area contributed by atoms with Crippen LogP contribution in [0.15, 0.2) is 0 Å². The lowest BCUT2D eigenvalue weighted by Gasteiger charge is -2.33. The van der Waals surface area contributed by atoms with Crippen LogP contribution in [0.1, 0.15) is 12.8 Å². The van der Waals surface area contributed by atoms with Gasteiger partial charge in [0.25, 0.3) is 0 Å². The van der Waals surface area contributed by atoms with E-state index >= 15 is 0 Å². The molecule has 0 aromatic heterocycles. The highest BCUT2D eigenvalue weighted by Crippen LogP contribution is 2.50. The summed E-state index contributed by atoms with van der Waals surface area (Å²) in [5.41, 5.74) is 0. The molecule has 0 amide bonds. The van der Waals surface area contributed by atoms with Crippen LogP contribution < -0.4 is 10.6 Å². The van der Waals surface area contributed by atoms with Crippen molar-refractivity contribution in [1.82, 2.24) is 10.6 Å². The van der Waals surface area contributed by atoms with E-state index in [1.807, 2.05) is 0 Å². The van der Waals surface area contributed by atoms with Gasteiger partial charge in [-0.2, -0.15) is 0 Å². The Balaban J connectivity index is 3.62. The van der Waals surface area contributed by atoms with Gasteiger partial charge in [0.05, 0.1) is 89.8 Å². The minimum Gasteiger partial charge on any atom is -0.389 e. The molecule has 0 bridgehead atoms. The van der Waals surface area contributed by atoms with Crippen molar-refractivity contribution < 1.29 is 44.8 Å². The number of hydrogen-bond acceptors (Lipinski definition) is 12. The maximum Gasteiger partial charge on any atom is 0.0897 e. The fourth-order valence-corrected chi connectivity index (χ4v) is 5.61. The maximum atomic E-state index is 9.97. The molecule has 4 N–H and O–H groups in total. The Bertz CT molecular complexity index is 407. The first-order valence-electron chi connectivity index (χ1n) is 11.2. The van der Waals surface area contributed by atoms with E-state index in [9.17, 15) is 10.2 Å². The normalized spacial score (nSPS) is 15.4. The molecule has 0 saturated carbocycles. The van der Waals surface area contributed by atoms with Crippen molar-refractivity contribution in [2.75, 3.05) is 107 Å². The number of ether oxygens (including phenoxy) is 2. The molecule has 0 aromatic carbocycles. The van der Waals surface area contributed by atoms with Gasteiger partial charge in [0.1, 0.15) is 0 Å².